The average molecular weight is 278 g/mol. The normalized spacial score (nSPS) is 16.6. The average Bonchev–Trinajstić information content (AvgIpc) is 2.32. The summed E-state index contributed by atoms with van der Waals surface area (Å²) in [5, 5.41) is 8.63. The first-order valence-corrected chi connectivity index (χ1v) is 6.32. The lowest BCUT2D eigenvalue weighted by Crippen LogP contribution is -2.62. The van der Waals surface area contributed by atoms with Gasteiger partial charge in [-0.2, -0.15) is 0 Å². The number of amides is 1. The second kappa shape index (κ2) is 5.13. The molecule has 1 aliphatic rings. The minimum absolute atomic E-state index is 0.319. The number of carbonyl (C=O) groups excluding carboxylic acids is 1. The van der Waals surface area contributed by atoms with E-state index in [0.29, 0.717) is 18.7 Å². The van der Waals surface area contributed by atoms with Gasteiger partial charge in [0.25, 0.3) is 5.91 Å². The summed E-state index contributed by atoms with van der Waals surface area (Å²) in [6.45, 7) is 4.54. The summed E-state index contributed by atoms with van der Waals surface area (Å²) < 4.78 is 5.35. The molecule has 1 aromatic carbocycles. The molecule has 0 bridgehead atoms. The Balaban J connectivity index is 2.10. The molecule has 0 aliphatic carbocycles. The fourth-order valence-corrected chi connectivity index (χ4v) is 2.37. The maximum Gasteiger partial charge on any atom is 0.329 e. The molecule has 3 N–H and O–H groups in total. The zero-order valence-electron chi connectivity index (χ0n) is 11.5. The van der Waals surface area contributed by atoms with Crippen LogP contribution in [0.4, 0.5) is 5.69 Å². The molecule has 1 amide bonds. The lowest BCUT2D eigenvalue weighted by atomic mass is 9.93. The third-order valence-electron chi connectivity index (χ3n) is 3.35. The minimum Gasteiger partial charge on any atom is -0.480 e. The number of hydrogen-bond donors (Lipinski definition) is 2. The van der Waals surface area contributed by atoms with Crippen molar-refractivity contribution in [1.29, 1.82) is 0 Å². The van der Waals surface area contributed by atoms with E-state index in [1.807, 2.05) is 30.9 Å². The van der Waals surface area contributed by atoms with E-state index in [9.17, 15) is 9.59 Å². The summed E-state index contributed by atoms with van der Waals surface area (Å²) in [7, 11) is 0. The molecule has 1 aliphatic heterocycles. The van der Waals surface area contributed by atoms with Crippen molar-refractivity contribution in [1.82, 2.24) is 0 Å². The van der Waals surface area contributed by atoms with Gasteiger partial charge in [0, 0.05) is 18.8 Å². The van der Waals surface area contributed by atoms with Crippen LogP contribution in [0.1, 0.15) is 22.8 Å². The number of nitrogens with two attached hydrogens (primary N) is 1. The van der Waals surface area contributed by atoms with Gasteiger partial charge in [0.15, 0.2) is 0 Å². The number of anilines is 1. The van der Waals surface area contributed by atoms with E-state index in [0.717, 1.165) is 11.3 Å². The molecule has 0 atom stereocenters. The smallest absolute Gasteiger partial charge is 0.329 e. The minimum atomic E-state index is -0.988. The second-order valence-electron chi connectivity index (χ2n) is 5.37. The summed E-state index contributed by atoms with van der Waals surface area (Å²) in [5.41, 5.74) is 7.14. The number of primary amides is 1. The standard InChI is InChI=1S/C14H18N2O4/c1-9-3-4-10(13(15)19)11(5-9)16-7-14(2,8-16)20-6-12(17)18/h3-5H,6-8H2,1-2H3,(H2,15,19)(H,17,18). The third-order valence-corrected chi connectivity index (χ3v) is 3.35. The van der Waals surface area contributed by atoms with Crippen LogP contribution in [0.2, 0.25) is 0 Å². The SMILES string of the molecule is Cc1ccc(C(N)=O)c(N2CC(C)(OCC(=O)O)C2)c1. The van der Waals surface area contributed by atoms with Crippen molar-refractivity contribution in [3.8, 4) is 0 Å². The van der Waals surface area contributed by atoms with Crippen LogP contribution >= 0.6 is 0 Å². The highest BCUT2D eigenvalue weighted by Gasteiger charge is 2.41. The predicted molar refractivity (Wildman–Crippen MR) is 73.9 cm³/mol. The quantitative estimate of drug-likeness (QED) is 0.830. The van der Waals surface area contributed by atoms with E-state index >= 15 is 0 Å². The maximum absolute atomic E-state index is 11.4. The summed E-state index contributed by atoms with van der Waals surface area (Å²) in [6, 6.07) is 5.45. The predicted octanol–water partition coefficient (Wildman–Crippen LogP) is 0.774. The van der Waals surface area contributed by atoms with Crippen LogP contribution in [0.25, 0.3) is 0 Å². The van der Waals surface area contributed by atoms with Crippen LogP contribution in [-0.4, -0.2) is 42.3 Å². The molecule has 1 aromatic rings. The van der Waals surface area contributed by atoms with Crippen molar-refractivity contribution in [2.24, 2.45) is 5.73 Å². The topological polar surface area (TPSA) is 92.9 Å². The second-order valence-corrected chi connectivity index (χ2v) is 5.37. The Hall–Kier alpha value is -2.08. The fraction of sp³-hybridized carbons (Fsp3) is 0.429. The van der Waals surface area contributed by atoms with Gasteiger partial charge in [-0.05, 0) is 31.5 Å². The van der Waals surface area contributed by atoms with E-state index in [1.54, 1.807) is 6.07 Å². The summed E-state index contributed by atoms with van der Waals surface area (Å²) in [5.74, 6) is -1.46. The van der Waals surface area contributed by atoms with Crippen LogP contribution in [0.3, 0.4) is 0 Å². The van der Waals surface area contributed by atoms with Crippen molar-refractivity contribution in [3.05, 3.63) is 29.3 Å². The van der Waals surface area contributed by atoms with Gasteiger partial charge in [-0.25, -0.2) is 4.79 Å². The molecule has 1 fully saturated rings. The first kappa shape index (κ1) is 14.3. The van der Waals surface area contributed by atoms with E-state index in [2.05, 4.69) is 0 Å². The Morgan fingerprint density at radius 3 is 2.65 bits per heavy atom. The fourth-order valence-electron chi connectivity index (χ4n) is 2.37. The number of rotatable bonds is 5. The van der Waals surface area contributed by atoms with Gasteiger partial charge in [0.2, 0.25) is 0 Å². The molecule has 1 saturated heterocycles. The van der Waals surface area contributed by atoms with Gasteiger partial charge in [0.05, 0.1) is 5.56 Å². The lowest BCUT2D eigenvalue weighted by Gasteiger charge is -2.49. The van der Waals surface area contributed by atoms with Gasteiger partial charge >= 0.3 is 5.97 Å². The van der Waals surface area contributed by atoms with Gasteiger partial charge in [-0.3, -0.25) is 4.79 Å². The van der Waals surface area contributed by atoms with E-state index in [4.69, 9.17) is 15.6 Å². The van der Waals surface area contributed by atoms with E-state index < -0.39 is 17.5 Å². The van der Waals surface area contributed by atoms with Crippen LogP contribution in [-0.2, 0) is 9.53 Å². The van der Waals surface area contributed by atoms with Crippen LogP contribution in [0.5, 0.6) is 0 Å². The van der Waals surface area contributed by atoms with Gasteiger partial charge in [-0.1, -0.05) is 6.07 Å². The van der Waals surface area contributed by atoms with Crippen molar-refractivity contribution < 1.29 is 19.4 Å². The van der Waals surface area contributed by atoms with Crippen LogP contribution in [0, 0.1) is 6.92 Å². The molecule has 6 nitrogen and oxygen atoms in total. The Morgan fingerprint density at radius 2 is 2.10 bits per heavy atom. The molecule has 20 heavy (non-hydrogen) atoms. The number of hydrogen-bond acceptors (Lipinski definition) is 4. The Morgan fingerprint density at radius 1 is 1.45 bits per heavy atom. The number of carbonyl (C=O) groups is 2. The summed E-state index contributed by atoms with van der Waals surface area (Å²) in [4.78, 5) is 23.9. The summed E-state index contributed by atoms with van der Waals surface area (Å²) in [6.07, 6.45) is 0. The molecule has 0 radical (unpaired) electrons. The van der Waals surface area contributed by atoms with E-state index in [1.165, 1.54) is 0 Å². The molecule has 108 valence electrons. The monoisotopic (exact) mass is 278 g/mol. The summed E-state index contributed by atoms with van der Waals surface area (Å²) >= 11 is 0. The molecule has 6 heteroatoms. The number of ether oxygens (including phenoxy) is 1. The molecule has 2 rings (SSSR count). The zero-order valence-corrected chi connectivity index (χ0v) is 11.5. The van der Waals surface area contributed by atoms with Crippen molar-refractivity contribution in [2.75, 3.05) is 24.6 Å². The van der Waals surface area contributed by atoms with Crippen LogP contribution in [0.15, 0.2) is 18.2 Å². The number of benzene rings is 1. The molecule has 1 heterocycles. The first-order chi connectivity index (χ1) is 9.31. The van der Waals surface area contributed by atoms with Crippen LogP contribution < -0.4 is 10.6 Å². The molecule has 0 aromatic heterocycles. The molecular weight excluding hydrogens is 260 g/mol. The van der Waals surface area contributed by atoms with E-state index in [-0.39, 0.29) is 6.61 Å². The number of carboxylic acid groups (broad SMARTS) is 1. The Kier molecular flexibility index (Phi) is 3.67. The number of nitrogens with zero attached hydrogens (tertiary/aromatic N) is 1. The molecule has 0 unspecified atom stereocenters. The Bertz CT molecular complexity index is 550. The van der Waals surface area contributed by atoms with Crippen molar-refractivity contribution in [2.45, 2.75) is 19.4 Å². The highest BCUT2D eigenvalue weighted by molar-refractivity contribution is 5.99. The zero-order chi connectivity index (χ0) is 14.9. The molecule has 0 spiro atoms. The highest BCUT2D eigenvalue weighted by Crippen LogP contribution is 2.33. The van der Waals surface area contributed by atoms with Gasteiger partial charge in [-0.15, -0.1) is 0 Å². The molecule has 0 saturated carbocycles. The number of aryl methyl sites for hydroxylation is 1. The number of aliphatic carboxylic acids is 1. The highest BCUT2D eigenvalue weighted by atomic mass is 16.5. The largest absolute Gasteiger partial charge is 0.480 e. The Labute approximate surface area is 117 Å². The third kappa shape index (κ3) is 2.91. The lowest BCUT2D eigenvalue weighted by molar-refractivity contribution is -0.150. The maximum atomic E-state index is 11.4. The van der Waals surface area contributed by atoms with Crippen molar-refractivity contribution in [3.63, 3.8) is 0 Å². The van der Waals surface area contributed by atoms with Gasteiger partial charge in [0.1, 0.15) is 12.2 Å². The number of carboxylic acids is 1. The van der Waals surface area contributed by atoms with Gasteiger partial charge < -0.3 is 20.5 Å². The van der Waals surface area contributed by atoms with Crippen molar-refractivity contribution >= 4 is 17.6 Å². The first-order valence-electron chi connectivity index (χ1n) is 6.32. The molecular formula is C14H18N2O4.